The predicted octanol–water partition coefficient (Wildman–Crippen LogP) is 13.6. The van der Waals surface area contributed by atoms with E-state index >= 15 is 0 Å². The van der Waals surface area contributed by atoms with E-state index in [2.05, 4.69) is 158 Å². The number of hydrogen-bond donors (Lipinski definition) is 0. The minimum atomic E-state index is 0.606. The van der Waals surface area contributed by atoms with Crippen molar-refractivity contribution in [2.45, 2.75) is 0 Å². The van der Waals surface area contributed by atoms with Crippen LogP contribution in [0, 0.1) is 0 Å². The van der Waals surface area contributed by atoms with Crippen LogP contribution in [0.2, 0.25) is 0 Å². The average molecular weight is 702 g/mol. The van der Waals surface area contributed by atoms with Gasteiger partial charge in [-0.3, -0.25) is 0 Å². The second-order valence-electron chi connectivity index (χ2n) is 14.0. The fraction of sp³-hybridized carbons (Fsp3) is 0. The highest BCUT2D eigenvalue weighted by molar-refractivity contribution is 6.13. The first kappa shape index (κ1) is 31.1. The van der Waals surface area contributed by atoms with Crippen LogP contribution in [0.15, 0.2) is 192 Å². The summed E-state index contributed by atoms with van der Waals surface area (Å²) in [5.41, 5.74) is 8.85. The lowest BCUT2D eigenvalue weighted by Crippen LogP contribution is -2.01. The van der Waals surface area contributed by atoms with Crippen molar-refractivity contribution in [1.82, 2.24) is 15.0 Å². The molecule has 11 rings (SSSR count). The molecule has 0 aliphatic heterocycles. The van der Waals surface area contributed by atoms with Gasteiger partial charge in [-0.25, -0.2) is 15.0 Å². The van der Waals surface area contributed by atoms with E-state index in [9.17, 15) is 0 Å². The molecule has 0 saturated heterocycles. The Morgan fingerprint density at radius 1 is 0.273 bits per heavy atom. The number of hydrogen-bond acceptors (Lipinski definition) is 4. The molecule has 0 saturated carbocycles. The van der Waals surface area contributed by atoms with E-state index in [1.54, 1.807) is 0 Å². The summed E-state index contributed by atoms with van der Waals surface area (Å²) in [7, 11) is 0. The average Bonchev–Trinajstić information content (AvgIpc) is 3.64. The zero-order chi connectivity index (χ0) is 36.3. The Bertz CT molecular complexity index is 3270. The Labute approximate surface area is 317 Å². The van der Waals surface area contributed by atoms with E-state index in [1.807, 2.05) is 30.3 Å². The third-order valence-electron chi connectivity index (χ3n) is 10.7. The molecule has 0 aliphatic carbocycles. The quantitative estimate of drug-likeness (QED) is 0.168. The van der Waals surface area contributed by atoms with Crippen LogP contribution >= 0.6 is 0 Å². The largest absolute Gasteiger partial charge is 0.456 e. The van der Waals surface area contributed by atoms with Gasteiger partial charge in [-0.2, -0.15) is 0 Å². The molecular weight excluding hydrogens is 671 g/mol. The predicted molar refractivity (Wildman–Crippen MR) is 227 cm³/mol. The minimum Gasteiger partial charge on any atom is -0.456 e. The monoisotopic (exact) mass is 701 g/mol. The Morgan fingerprint density at radius 3 is 1.73 bits per heavy atom. The second-order valence-corrected chi connectivity index (χ2v) is 14.0. The summed E-state index contributed by atoms with van der Waals surface area (Å²) in [6.07, 6.45) is 0. The van der Waals surface area contributed by atoms with Crippen LogP contribution in [0.4, 0.5) is 0 Å². The lowest BCUT2D eigenvalue weighted by molar-refractivity contribution is 0.669. The van der Waals surface area contributed by atoms with Crippen molar-refractivity contribution in [2.24, 2.45) is 0 Å². The van der Waals surface area contributed by atoms with Gasteiger partial charge >= 0.3 is 0 Å². The molecule has 0 unspecified atom stereocenters. The van der Waals surface area contributed by atoms with E-state index < -0.39 is 0 Å². The van der Waals surface area contributed by atoms with Crippen molar-refractivity contribution in [2.75, 3.05) is 0 Å². The number of rotatable bonds is 5. The number of para-hydroxylation sites is 1. The van der Waals surface area contributed by atoms with Gasteiger partial charge in [0.05, 0.1) is 0 Å². The smallest absolute Gasteiger partial charge is 0.164 e. The summed E-state index contributed by atoms with van der Waals surface area (Å²) in [5.74, 6) is 1.86. The molecule has 0 fully saturated rings. The molecule has 11 aromatic rings. The molecule has 55 heavy (non-hydrogen) atoms. The minimum absolute atomic E-state index is 0.606. The van der Waals surface area contributed by atoms with E-state index in [0.29, 0.717) is 17.5 Å². The highest BCUT2D eigenvalue weighted by Crippen LogP contribution is 2.39. The van der Waals surface area contributed by atoms with Crippen LogP contribution in [0.3, 0.4) is 0 Å². The first-order valence-corrected chi connectivity index (χ1v) is 18.5. The van der Waals surface area contributed by atoms with Crippen molar-refractivity contribution in [3.63, 3.8) is 0 Å². The third kappa shape index (κ3) is 5.34. The first-order valence-electron chi connectivity index (χ1n) is 18.5. The molecule has 0 spiro atoms. The van der Waals surface area contributed by atoms with Crippen LogP contribution in [-0.4, -0.2) is 15.0 Å². The molecule has 0 N–H and O–H groups in total. The van der Waals surface area contributed by atoms with E-state index in [-0.39, 0.29) is 0 Å². The van der Waals surface area contributed by atoms with Crippen LogP contribution in [-0.2, 0) is 0 Å². The van der Waals surface area contributed by atoms with Crippen LogP contribution in [0.1, 0.15) is 0 Å². The summed E-state index contributed by atoms with van der Waals surface area (Å²) < 4.78 is 6.36. The Hall–Kier alpha value is -7.43. The molecule has 0 atom stereocenters. The molecule has 4 heteroatoms. The fourth-order valence-electron chi connectivity index (χ4n) is 8.04. The van der Waals surface area contributed by atoms with E-state index in [4.69, 9.17) is 19.4 Å². The summed E-state index contributed by atoms with van der Waals surface area (Å²) in [6, 6.07) is 65.9. The Kier molecular flexibility index (Phi) is 7.14. The third-order valence-corrected chi connectivity index (χ3v) is 10.7. The van der Waals surface area contributed by atoms with Gasteiger partial charge in [0.2, 0.25) is 0 Å². The molecule has 9 aromatic carbocycles. The number of benzene rings is 9. The van der Waals surface area contributed by atoms with Gasteiger partial charge in [0, 0.05) is 27.5 Å². The van der Waals surface area contributed by atoms with Gasteiger partial charge in [-0.15, -0.1) is 0 Å². The van der Waals surface area contributed by atoms with E-state index in [0.717, 1.165) is 71.7 Å². The van der Waals surface area contributed by atoms with Crippen LogP contribution in [0.5, 0.6) is 0 Å². The standard InChI is InChI=1S/C51H31N3O/c1-2-14-33(15-3-1)49-52-50(54-51(53-49)46-30-35-16-5-7-19-40(35)42-20-8-9-21-43(42)46)38-28-36(27-37(29-38)41-23-12-17-32-13-4-6-18-39(32)41)34-25-26-45-44-22-10-11-24-47(44)55-48(45)31-34/h1-31H. The molecule has 256 valence electrons. The Balaban J connectivity index is 1.18. The number of fused-ring (bicyclic) bond motifs is 7. The van der Waals surface area contributed by atoms with Gasteiger partial charge < -0.3 is 4.42 Å². The van der Waals surface area contributed by atoms with Crippen LogP contribution < -0.4 is 0 Å². The molecule has 0 radical (unpaired) electrons. The number of aromatic nitrogens is 3. The van der Waals surface area contributed by atoms with E-state index in [1.165, 1.54) is 21.5 Å². The van der Waals surface area contributed by atoms with Gasteiger partial charge in [-0.05, 0) is 97.0 Å². The van der Waals surface area contributed by atoms with Crippen LogP contribution in [0.25, 0.3) is 111 Å². The highest BCUT2D eigenvalue weighted by Gasteiger charge is 2.18. The van der Waals surface area contributed by atoms with Crippen molar-refractivity contribution in [1.29, 1.82) is 0 Å². The molecule has 0 amide bonds. The van der Waals surface area contributed by atoms with Crippen molar-refractivity contribution >= 4 is 54.3 Å². The van der Waals surface area contributed by atoms with Crippen molar-refractivity contribution in [3.05, 3.63) is 188 Å². The lowest BCUT2D eigenvalue weighted by atomic mass is 9.92. The maximum atomic E-state index is 6.36. The fourth-order valence-corrected chi connectivity index (χ4v) is 8.04. The maximum absolute atomic E-state index is 6.36. The van der Waals surface area contributed by atoms with Gasteiger partial charge in [-0.1, -0.05) is 146 Å². The number of nitrogens with zero attached hydrogens (tertiary/aromatic N) is 3. The topological polar surface area (TPSA) is 51.8 Å². The number of furan rings is 1. The van der Waals surface area contributed by atoms with Crippen molar-refractivity contribution in [3.8, 4) is 56.4 Å². The molecule has 0 bridgehead atoms. The Morgan fingerprint density at radius 2 is 0.873 bits per heavy atom. The maximum Gasteiger partial charge on any atom is 0.164 e. The van der Waals surface area contributed by atoms with Gasteiger partial charge in [0.25, 0.3) is 0 Å². The summed E-state index contributed by atoms with van der Waals surface area (Å²) in [5, 5.41) is 9.19. The zero-order valence-corrected chi connectivity index (χ0v) is 29.6. The molecule has 0 aliphatic rings. The lowest BCUT2D eigenvalue weighted by Gasteiger charge is -2.15. The second kappa shape index (κ2) is 12.6. The van der Waals surface area contributed by atoms with Gasteiger partial charge in [0.1, 0.15) is 11.2 Å². The highest BCUT2D eigenvalue weighted by atomic mass is 16.3. The zero-order valence-electron chi connectivity index (χ0n) is 29.6. The summed E-state index contributed by atoms with van der Waals surface area (Å²) in [4.78, 5) is 15.7. The molecule has 2 heterocycles. The normalized spacial score (nSPS) is 11.6. The summed E-state index contributed by atoms with van der Waals surface area (Å²) in [6.45, 7) is 0. The molecule has 2 aromatic heterocycles. The molecule has 4 nitrogen and oxygen atoms in total. The molecular formula is C51H31N3O. The summed E-state index contributed by atoms with van der Waals surface area (Å²) >= 11 is 0. The van der Waals surface area contributed by atoms with Gasteiger partial charge in [0.15, 0.2) is 17.5 Å². The SMILES string of the molecule is c1ccc(-c2nc(-c3cc(-c4ccc5c(c4)oc4ccccc45)cc(-c4cccc5ccccc45)c3)nc(-c3cc4ccccc4c4ccccc34)n2)cc1. The van der Waals surface area contributed by atoms with Crippen molar-refractivity contribution < 1.29 is 4.42 Å². The first-order chi connectivity index (χ1) is 27.2.